The van der Waals surface area contributed by atoms with Gasteiger partial charge < -0.3 is 9.80 Å². The summed E-state index contributed by atoms with van der Waals surface area (Å²) in [6.07, 6.45) is 2.85. The number of allylic oxidation sites excluding steroid dienone is 2. The molecule has 0 heterocycles. The highest BCUT2D eigenvalue weighted by atomic mass is 15.3. The zero-order valence-electron chi connectivity index (χ0n) is 9.91. The lowest BCUT2D eigenvalue weighted by atomic mass is 10.2. The van der Waals surface area contributed by atoms with Gasteiger partial charge in [-0.15, -0.1) is 0 Å². The molecule has 0 amide bonds. The van der Waals surface area contributed by atoms with Gasteiger partial charge in [-0.1, -0.05) is 0 Å². The maximum Gasteiger partial charge on any atom is 0.200 e. The van der Waals surface area contributed by atoms with Crippen LogP contribution < -0.4 is 0 Å². The topological polar surface area (TPSA) is 42.6 Å². The van der Waals surface area contributed by atoms with Crippen LogP contribution in [-0.4, -0.2) is 44.0 Å². The molecule has 0 aliphatic heterocycles. The van der Waals surface area contributed by atoms with Gasteiger partial charge >= 0.3 is 0 Å². The van der Waals surface area contributed by atoms with Crippen LogP contribution in [0.5, 0.6) is 0 Å². The van der Waals surface area contributed by atoms with Crippen LogP contribution in [0.25, 0.3) is 0 Å². The number of hydrogen-bond donors (Lipinski definition) is 0. The molecule has 0 aromatic carbocycles. The number of hydrogen-bond acceptors (Lipinski definition) is 2. The highest BCUT2D eigenvalue weighted by molar-refractivity contribution is 5.80. The quantitative estimate of drug-likeness (QED) is 0.481. The number of nitriles is 1. The Hall–Kier alpha value is -1.50. The van der Waals surface area contributed by atoms with Gasteiger partial charge in [0.15, 0.2) is 5.96 Å². The summed E-state index contributed by atoms with van der Waals surface area (Å²) >= 11 is 0. The van der Waals surface area contributed by atoms with Crippen LogP contribution >= 0.6 is 0 Å². The third kappa shape index (κ3) is 2.72. The first kappa shape index (κ1) is 11.6. The highest BCUT2D eigenvalue weighted by Crippen LogP contribution is 2.26. The van der Waals surface area contributed by atoms with Crippen molar-refractivity contribution in [2.45, 2.75) is 19.3 Å². The van der Waals surface area contributed by atoms with Crippen molar-refractivity contribution in [2.75, 3.05) is 28.2 Å². The lowest BCUT2D eigenvalue weighted by Crippen LogP contribution is -2.35. The maximum absolute atomic E-state index is 8.92. The van der Waals surface area contributed by atoms with Crippen molar-refractivity contribution < 1.29 is 0 Å². The molecule has 1 rings (SSSR count). The zero-order valence-corrected chi connectivity index (χ0v) is 9.91. The van der Waals surface area contributed by atoms with Crippen LogP contribution in [0.1, 0.15) is 19.3 Å². The van der Waals surface area contributed by atoms with Crippen LogP contribution in [0.4, 0.5) is 0 Å². The second-order valence-corrected chi connectivity index (χ2v) is 4.09. The van der Waals surface area contributed by atoms with Crippen molar-refractivity contribution in [3.8, 4) is 6.07 Å². The van der Waals surface area contributed by atoms with Crippen LogP contribution in [0.15, 0.2) is 16.3 Å². The van der Waals surface area contributed by atoms with Gasteiger partial charge in [0.1, 0.15) is 0 Å². The molecular weight excluding hydrogens is 188 g/mol. The Balaban J connectivity index is 2.98. The zero-order chi connectivity index (χ0) is 11.4. The monoisotopic (exact) mass is 206 g/mol. The predicted molar refractivity (Wildman–Crippen MR) is 61.3 cm³/mol. The Morgan fingerprint density at radius 2 is 1.80 bits per heavy atom. The molecule has 0 saturated carbocycles. The molecular formula is C11H18N4. The van der Waals surface area contributed by atoms with Gasteiger partial charge in [0.25, 0.3) is 0 Å². The van der Waals surface area contributed by atoms with Gasteiger partial charge in [-0.3, -0.25) is 0 Å². The van der Waals surface area contributed by atoms with Crippen LogP contribution in [0.3, 0.4) is 0 Å². The molecule has 0 unspecified atom stereocenters. The van der Waals surface area contributed by atoms with E-state index in [1.807, 2.05) is 38.0 Å². The number of guanidine groups is 1. The molecule has 0 aromatic rings. The van der Waals surface area contributed by atoms with Gasteiger partial charge in [0, 0.05) is 28.2 Å². The Morgan fingerprint density at radius 3 is 2.27 bits per heavy atom. The van der Waals surface area contributed by atoms with Crippen molar-refractivity contribution in [3.63, 3.8) is 0 Å². The molecule has 0 aromatic heterocycles. The fourth-order valence-corrected chi connectivity index (χ4v) is 1.69. The molecule has 0 fully saturated rings. The average molecular weight is 206 g/mol. The molecule has 0 spiro atoms. The lowest BCUT2D eigenvalue weighted by molar-refractivity contribution is 0.482. The summed E-state index contributed by atoms with van der Waals surface area (Å²) in [6, 6.07) is 2.23. The van der Waals surface area contributed by atoms with E-state index in [1.54, 1.807) is 0 Å². The third-order valence-corrected chi connectivity index (χ3v) is 2.36. The van der Waals surface area contributed by atoms with Gasteiger partial charge in [-0.2, -0.15) is 5.26 Å². The van der Waals surface area contributed by atoms with E-state index < -0.39 is 0 Å². The van der Waals surface area contributed by atoms with E-state index in [4.69, 9.17) is 5.26 Å². The molecule has 0 N–H and O–H groups in total. The van der Waals surface area contributed by atoms with E-state index in [0.717, 1.165) is 36.5 Å². The lowest BCUT2D eigenvalue weighted by Gasteiger charge is -2.22. The SMILES string of the molecule is CN(C)C(=NC1=C(C#N)CCC1)N(C)C. The first-order valence-corrected chi connectivity index (χ1v) is 5.11. The summed E-state index contributed by atoms with van der Waals surface area (Å²) < 4.78 is 0. The van der Waals surface area contributed by atoms with E-state index in [0.29, 0.717) is 0 Å². The summed E-state index contributed by atoms with van der Waals surface area (Å²) in [5, 5.41) is 8.92. The minimum atomic E-state index is 0.844. The summed E-state index contributed by atoms with van der Waals surface area (Å²) in [5.41, 5.74) is 1.80. The smallest absolute Gasteiger partial charge is 0.200 e. The maximum atomic E-state index is 8.92. The second kappa shape index (κ2) is 4.83. The molecule has 82 valence electrons. The number of rotatable bonds is 1. The Kier molecular flexibility index (Phi) is 3.73. The van der Waals surface area contributed by atoms with Gasteiger partial charge in [0.05, 0.1) is 17.3 Å². The van der Waals surface area contributed by atoms with Crippen LogP contribution in [0, 0.1) is 11.3 Å². The van der Waals surface area contributed by atoms with Crippen molar-refractivity contribution in [1.29, 1.82) is 5.26 Å². The van der Waals surface area contributed by atoms with E-state index in [9.17, 15) is 0 Å². The van der Waals surface area contributed by atoms with Crippen LogP contribution in [-0.2, 0) is 0 Å². The largest absolute Gasteiger partial charge is 0.349 e. The first-order chi connectivity index (χ1) is 7.06. The van der Waals surface area contributed by atoms with E-state index >= 15 is 0 Å². The fraction of sp³-hybridized carbons (Fsp3) is 0.636. The minimum absolute atomic E-state index is 0.844. The molecule has 0 bridgehead atoms. The molecule has 1 aliphatic carbocycles. The number of nitrogens with zero attached hydrogens (tertiary/aromatic N) is 4. The van der Waals surface area contributed by atoms with Gasteiger partial charge in [0.2, 0.25) is 0 Å². The number of aliphatic imine (C=N–C) groups is 1. The third-order valence-electron chi connectivity index (χ3n) is 2.36. The summed E-state index contributed by atoms with van der Waals surface area (Å²) in [4.78, 5) is 8.47. The summed E-state index contributed by atoms with van der Waals surface area (Å²) in [6.45, 7) is 0. The standard InChI is InChI=1S/C11H18N4/c1-14(2)11(15(3)4)13-10-7-5-6-9(10)8-12/h5-7H2,1-4H3. The Labute approximate surface area is 91.5 Å². The van der Waals surface area contributed by atoms with Gasteiger partial charge in [-0.25, -0.2) is 4.99 Å². The predicted octanol–water partition coefficient (Wildman–Crippen LogP) is 1.43. The highest BCUT2D eigenvalue weighted by Gasteiger charge is 2.15. The van der Waals surface area contributed by atoms with E-state index in [1.165, 1.54) is 0 Å². The molecule has 4 heteroatoms. The molecule has 15 heavy (non-hydrogen) atoms. The van der Waals surface area contributed by atoms with E-state index in [2.05, 4.69) is 11.1 Å². The van der Waals surface area contributed by atoms with Crippen molar-refractivity contribution in [2.24, 2.45) is 4.99 Å². The Morgan fingerprint density at radius 1 is 1.20 bits per heavy atom. The minimum Gasteiger partial charge on any atom is -0.349 e. The first-order valence-electron chi connectivity index (χ1n) is 5.11. The molecule has 0 radical (unpaired) electrons. The van der Waals surface area contributed by atoms with Gasteiger partial charge in [-0.05, 0) is 19.3 Å². The summed E-state index contributed by atoms with van der Waals surface area (Å²) in [5.74, 6) is 0.889. The van der Waals surface area contributed by atoms with Crippen molar-refractivity contribution >= 4 is 5.96 Å². The molecule has 0 atom stereocenters. The Bertz CT molecular complexity index is 321. The fourth-order valence-electron chi connectivity index (χ4n) is 1.69. The molecule has 4 nitrogen and oxygen atoms in total. The molecule has 0 saturated heterocycles. The molecule has 1 aliphatic rings. The van der Waals surface area contributed by atoms with Crippen molar-refractivity contribution in [1.82, 2.24) is 9.80 Å². The average Bonchev–Trinajstić information content (AvgIpc) is 2.59. The summed E-state index contributed by atoms with van der Waals surface area (Å²) in [7, 11) is 7.83. The van der Waals surface area contributed by atoms with Crippen molar-refractivity contribution in [3.05, 3.63) is 11.3 Å². The second-order valence-electron chi connectivity index (χ2n) is 4.09. The normalized spacial score (nSPS) is 14.9. The van der Waals surface area contributed by atoms with Crippen LogP contribution in [0.2, 0.25) is 0 Å². The van der Waals surface area contributed by atoms with E-state index in [-0.39, 0.29) is 0 Å².